The molecule has 0 spiro atoms. The maximum absolute atomic E-state index is 13.1. The first-order valence-electron chi connectivity index (χ1n) is 6.84. The number of para-hydroxylation sites is 2. The Hall–Kier alpha value is -2.18. The Bertz CT molecular complexity index is 764. The van der Waals surface area contributed by atoms with Crippen LogP contribution in [0.4, 0.5) is 5.69 Å². The van der Waals surface area contributed by atoms with Crippen LogP contribution in [0.25, 0.3) is 0 Å². The average molecular weight is 318 g/mol. The molecule has 1 atom stereocenters. The number of fused-ring (bicyclic) bond motifs is 1. The molecule has 5 nitrogen and oxygen atoms in total. The van der Waals surface area contributed by atoms with E-state index in [0.29, 0.717) is 17.0 Å². The van der Waals surface area contributed by atoms with E-state index in [-0.39, 0.29) is 18.1 Å². The molecule has 1 N–H and O–H groups in total. The Labute approximate surface area is 129 Å². The SMILES string of the molecule is C=C1[CH-]C=CC=C1S(=O)(=O)N1c2ccccc2OCC1CO. The Kier molecular flexibility index (Phi) is 3.72. The van der Waals surface area contributed by atoms with Gasteiger partial charge in [-0.05, 0) is 12.1 Å². The van der Waals surface area contributed by atoms with Gasteiger partial charge < -0.3 is 9.84 Å². The Morgan fingerprint density at radius 3 is 2.91 bits per heavy atom. The van der Waals surface area contributed by atoms with Crippen molar-refractivity contribution in [3.63, 3.8) is 0 Å². The van der Waals surface area contributed by atoms with Crippen molar-refractivity contribution < 1.29 is 18.3 Å². The van der Waals surface area contributed by atoms with Crippen LogP contribution in [0.1, 0.15) is 0 Å². The number of aliphatic hydroxyl groups excluding tert-OH is 1. The second-order valence-electron chi connectivity index (χ2n) is 5.02. The highest BCUT2D eigenvalue weighted by atomic mass is 32.2. The second kappa shape index (κ2) is 5.55. The molecule has 0 amide bonds. The molecule has 0 fully saturated rings. The van der Waals surface area contributed by atoms with Crippen molar-refractivity contribution in [2.45, 2.75) is 6.04 Å². The number of hydrogen-bond donors (Lipinski definition) is 1. The van der Waals surface area contributed by atoms with E-state index in [4.69, 9.17) is 4.74 Å². The minimum Gasteiger partial charge on any atom is -0.489 e. The third-order valence-corrected chi connectivity index (χ3v) is 5.55. The lowest BCUT2D eigenvalue weighted by molar-refractivity contribution is 0.198. The average Bonchev–Trinajstić information content (AvgIpc) is 2.53. The van der Waals surface area contributed by atoms with Gasteiger partial charge in [-0.2, -0.15) is 6.58 Å². The summed E-state index contributed by atoms with van der Waals surface area (Å²) in [5, 5.41) is 9.56. The third-order valence-electron chi connectivity index (χ3n) is 3.59. The van der Waals surface area contributed by atoms with Crippen LogP contribution in [-0.2, 0) is 10.0 Å². The van der Waals surface area contributed by atoms with E-state index in [1.807, 2.05) is 0 Å². The lowest BCUT2D eigenvalue weighted by atomic mass is 10.1. The standard InChI is InChI=1S/C16H16NO4S/c1-12-6-2-5-9-16(12)22(19,20)17-13(10-18)11-21-15-8-4-3-7-14(15)17/h2-9,13,18H,1,10-11H2/q-1. The minimum absolute atomic E-state index is 0.103. The van der Waals surface area contributed by atoms with Crippen molar-refractivity contribution in [3.05, 3.63) is 66.0 Å². The van der Waals surface area contributed by atoms with Gasteiger partial charge in [0.1, 0.15) is 18.4 Å². The molecule has 116 valence electrons. The highest BCUT2D eigenvalue weighted by Crippen LogP contribution is 2.38. The number of rotatable bonds is 3. The summed E-state index contributed by atoms with van der Waals surface area (Å²) in [4.78, 5) is 0.130. The molecule has 0 bridgehead atoms. The zero-order valence-corrected chi connectivity index (χ0v) is 12.7. The Morgan fingerprint density at radius 1 is 1.41 bits per heavy atom. The zero-order chi connectivity index (χ0) is 15.7. The number of aliphatic hydroxyl groups is 1. The maximum Gasteiger partial charge on any atom is 0.229 e. The van der Waals surface area contributed by atoms with Crippen LogP contribution in [0.3, 0.4) is 0 Å². The molecule has 0 saturated carbocycles. The first kappa shape index (κ1) is 14.7. The van der Waals surface area contributed by atoms with Crippen LogP contribution in [0.5, 0.6) is 5.75 Å². The van der Waals surface area contributed by atoms with E-state index in [2.05, 4.69) is 6.58 Å². The summed E-state index contributed by atoms with van der Waals surface area (Å²) in [6.07, 6.45) is 6.55. The van der Waals surface area contributed by atoms with Crippen molar-refractivity contribution >= 4 is 15.7 Å². The van der Waals surface area contributed by atoms with Gasteiger partial charge in [0, 0.05) is 4.91 Å². The molecule has 1 unspecified atom stereocenters. The molecule has 6 heteroatoms. The highest BCUT2D eigenvalue weighted by Gasteiger charge is 2.36. The number of sulfonamides is 1. The first-order chi connectivity index (χ1) is 10.6. The molecule has 1 aliphatic carbocycles. The van der Waals surface area contributed by atoms with Crippen molar-refractivity contribution in [1.82, 2.24) is 0 Å². The molecule has 0 aromatic heterocycles. The number of allylic oxidation sites excluding steroid dienone is 4. The van der Waals surface area contributed by atoms with Crippen LogP contribution in [0.15, 0.2) is 59.6 Å². The number of anilines is 1. The molecule has 3 rings (SSSR count). The molecular weight excluding hydrogens is 302 g/mol. The predicted octanol–water partition coefficient (Wildman–Crippen LogP) is 1.79. The van der Waals surface area contributed by atoms with Gasteiger partial charge in [-0.25, -0.2) is 8.42 Å². The molecule has 1 aromatic carbocycles. The molecule has 2 aliphatic rings. The maximum atomic E-state index is 13.1. The van der Waals surface area contributed by atoms with Gasteiger partial charge >= 0.3 is 0 Å². The molecule has 1 aliphatic heterocycles. The molecule has 1 aromatic rings. The molecule has 0 saturated heterocycles. The Morgan fingerprint density at radius 2 is 2.18 bits per heavy atom. The summed E-state index contributed by atoms with van der Waals surface area (Å²) in [5.41, 5.74) is 0.846. The summed E-state index contributed by atoms with van der Waals surface area (Å²) >= 11 is 0. The van der Waals surface area contributed by atoms with E-state index < -0.39 is 16.1 Å². The first-order valence-corrected chi connectivity index (χ1v) is 8.28. The van der Waals surface area contributed by atoms with Gasteiger partial charge in [0.05, 0.1) is 12.3 Å². The monoisotopic (exact) mass is 318 g/mol. The molecule has 22 heavy (non-hydrogen) atoms. The van der Waals surface area contributed by atoms with Crippen molar-refractivity contribution in [2.75, 3.05) is 17.5 Å². The normalized spacial score (nSPS) is 20.8. The molecule has 0 radical (unpaired) electrons. The van der Waals surface area contributed by atoms with Crippen LogP contribution < -0.4 is 9.04 Å². The Balaban J connectivity index is 2.13. The van der Waals surface area contributed by atoms with Gasteiger partial charge in [-0.1, -0.05) is 12.1 Å². The van der Waals surface area contributed by atoms with Crippen LogP contribution in [-0.4, -0.2) is 32.8 Å². The summed E-state index contributed by atoms with van der Waals surface area (Å²) in [5.74, 6) is 0.484. The van der Waals surface area contributed by atoms with E-state index in [9.17, 15) is 13.5 Å². The van der Waals surface area contributed by atoms with Crippen molar-refractivity contribution in [1.29, 1.82) is 0 Å². The van der Waals surface area contributed by atoms with Crippen LogP contribution in [0.2, 0.25) is 0 Å². The smallest absolute Gasteiger partial charge is 0.229 e. The van der Waals surface area contributed by atoms with E-state index in [1.165, 1.54) is 10.4 Å². The van der Waals surface area contributed by atoms with Crippen molar-refractivity contribution in [2.24, 2.45) is 0 Å². The molecule has 1 heterocycles. The minimum atomic E-state index is -3.84. The number of benzene rings is 1. The largest absolute Gasteiger partial charge is 0.489 e. The van der Waals surface area contributed by atoms with Gasteiger partial charge in [-0.15, -0.1) is 30.2 Å². The molecular formula is C16H16NO4S-. The summed E-state index contributed by atoms with van der Waals surface area (Å²) in [6.45, 7) is 3.57. The van der Waals surface area contributed by atoms with Crippen LogP contribution in [0, 0.1) is 6.42 Å². The summed E-state index contributed by atoms with van der Waals surface area (Å²) in [7, 11) is -3.84. The van der Waals surface area contributed by atoms with E-state index in [0.717, 1.165) is 0 Å². The van der Waals surface area contributed by atoms with E-state index >= 15 is 0 Å². The fourth-order valence-electron chi connectivity index (χ4n) is 2.53. The summed E-state index contributed by atoms with van der Waals surface area (Å²) in [6, 6.07) is 6.22. The number of nitrogens with zero attached hydrogens (tertiary/aromatic N) is 1. The zero-order valence-electron chi connectivity index (χ0n) is 11.8. The van der Waals surface area contributed by atoms with Gasteiger partial charge in [0.25, 0.3) is 0 Å². The fraction of sp³-hybridized carbons (Fsp3) is 0.188. The van der Waals surface area contributed by atoms with Gasteiger partial charge in [-0.3, -0.25) is 4.31 Å². The lowest BCUT2D eigenvalue weighted by Crippen LogP contribution is -2.49. The summed E-state index contributed by atoms with van der Waals surface area (Å²) < 4.78 is 32.9. The van der Waals surface area contributed by atoms with Crippen LogP contribution >= 0.6 is 0 Å². The third kappa shape index (κ3) is 2.30. The predicted molar refractivity (Wildman–Crippen MR) is 84.9 cm³/mol. The highest BCUT2D eigenvalue weighted by molar-refractivity contribution is 7.96. The van der Waals surface area contributed by atoms with Gasteiger partial charge in [0.15, 0.2) is 0 Å². The van der Waals surface area contributed by atoms with Crippen molar-refractivity contribution in [3.8, 4) is 5.75 Å². The number of ether oxygens (including phenoxy) is 1. The quantitative estimate of drug-likeness (QED) is 0.863. The fourth-order valence-corrected chi connectivity index (χ4v) is 4.32. The van der Waals surface area contributed by atoms with E-state index in [1.54, 1.807) is 42.8 Å². The lowest BCUT2D eigenvalue weighted by Gasteiger charge is -2.39. The number of hydrogen-bond acceptors (Lipinski definition) is 4. The second-order valence-corrected chi connectivity index (χ2v) is 6.81. The topological polar surface area (TPSA) is 66.8 Å². The van der Waals surface area contributed by atoms with Gasteiger partial charge in [0.2, 0.25) is 10.0 Å².